The molecule has 0 atom stereocenters. The highest BCUT2D eigenvalue weighted by Crippen LogP contribution is 2.23. The van der Waals surface area contributed by atoms with Crippen LogP contribution >= 0.6 is 0 Å². The van der Waals surface area contributed by atoms with Crippen molar-refractivity contribution in [1.29, 1.82) is 0 Å². The lowest BCUT2D eigenvalue weighted by atomic mass is 10.3. The lowest BCUT2D eigenvalue weighted by molar-refractivity contribution is 0.223. The summed E-state index contributed by atoms with van der Waals surface area (Å²) in [6.07, 6.45) is 0. The van der Waals surface area contributed by atoms with E-state index in [4.69, 9.17) is 4.74 Å². The molecule has 0 saturated carbocycles. The van der Waals surface area contributed by atoms with Crippen LogP contribution in [-0.4, -0.2) is 25.2 Å². The molecule has 0 aromatic heterocycles. The van der Waals surface area contributed by atoms with Gasteiger partial charge >= 0.3 is 6.03 Å². The molecule has 1 rings (SSSR count). The second-order valence-corrected chi connectivity index (χ2v) is 2.74. The molecule has 0 aliphatic heterocycles. The standard InChI is InChI=1S/C9H11N3O3/c1-12(11-14)9(13)10-7-5-3-4-6-8(7)15-2/h3-6H,1-2H3,(H,10,13). The maximum absolute atomic E-state index is 11.3. The summed E-state index contributed by atoms with van der Waals surface area (Å²) in [5.41, 5.74) is 0.487. The smallest absolute Gasteiger partial charge is 0.344 e. The number of carbonyl (C=O) groups excluding carboxylic acids is 1. The SMILES string of the molecule is COc1ccccc1NC(=O)N(C)N=O. The Morgan fingerprint density at radius 1 is 1.47 bits per heavy atom. The average molecular weight is 209 g/mol. The molecular formula is C9H11N3O3. The van der Waals surface area contributed by atoms with Crippen LogP contribution in [0.4, 0.5) is 10.5 Å². The fourth-order valence-electron chi connectivity index (χ4n) is 0.981. The van der Waals surface area contributed by atoms with Crippen LogP contribution in [0.5, 0.6) is 5.75 Å². The highest BCUT2D eigenvalue weighted by molar-refractivity contribution is 5.90. The van der Waals surface area contributed by atoms with E-state index in [-0.39, 0.29) is 0 Å². The van der Waals surface area contributed by atoms with E-state index < -0.39 is 6.03 Å². The van der Waals surface area contributed by atoms with Crippen molar-refractivity contribution in [1.82, 2.24) is 5.01 Å². The first-order chi connectivity index (χ1) is 7.19. The van der Waals surface area contributed by atoms with Crippen LogP contribution in [0, 0.1) is 4.91 Å². The zero-order valence-electron chi connectivity index (χ0n) is 8.43. The van der Waals surface area contributed by atoms with Gasteiger partial charge in [-0.3, -0.25) is 0 Å². The van der Waals surface area contributed by atoms with Crippen LogP contribution in [-0.2, 0) is 0 Å². The summed E-state index contributed by atoms with van der Waals surface area (Å²) in [6.45, 7) is 0. The van der Waals surface area contributed by atoms with Crippen molar-refractivity contribution in [3.05, 3.63) is 29.2 Å². The molecule has 0 saturated heterocycles. The second kappa shape index (κ2) is 4.94. The normalized spacial score (nSPS) is 9.20. The lowest BCUT2D eigenvalue weighted by Gasteiger charge is -2.11. The Hall–Kier alpha value is -2.11. The number of amides is 2. The monoisotopic (exact) mass is 209 g/mol. The minimum absolute atomic E-state index is 0.487. The maximum Gasteiger partial charge on any atom is 0.344 e. The fourth-order valence-corrected chi connectivity index (χ4v) is 0.981. The minimum Gasteiger partial charge on any atom is -0.495 e. The third kappa shape index (κ3) is 2.67. The van der Waals surface area contributed by atoms with Crippen molar-refractivity contribution in [2.75, 3.05) is 19.5 Å². The highest BCUT2D eigenvalue weighted by Gasteiger charge is 2.10. The van der Waals surface area contributed by atoms with Gasteiger partial charge in [0.15, 0.2) is 0 Å². The van der Waals surface area contributed by atoms with Gasteiger partial charge < -0.3 is 10.1 Å². The number of rotatable bonds is 3. The summed E-state index contributed by atoms with van der Waals surface area (Å²) < 4.78 is 5.02. The number of ether oxygens (including phenoxy) is 1. The summed E-state index contributed by atoms with van der Waals surface area (Å²) in [6, 6.07) is 6.26. The molecule has 0 radical (unpaired) electrons. The molecule has 80 valence electrons. The maximum atomic E-state index is 11.3. The number of para-hydroxylation sites is 2. The predicted molar refractivity (Wildman–Crippen MR) is 55.6 cm³/mol. The summed E-state index contributed by atoms with van der Waals surface area (Å²) in [5, 5.41) is 5.61. The molecule has 6 nitrogen and oxygen atoms in total. The molecule has 0 aliphatic carbocycles. The molecule has 0 bridgehead atoms. The van der Waals surface area contributed by atoms with Gasteiger partial charge in [-0.2, -0.15) is 5.01 Å². The number of nitrogens with one attached hydrogen (secondary N) is 1. The number of benzene rings is 1. The van der Waals surface area contributed by atoms with E-state index in [1.54, 1.807) is 24.3 Å². The molecule has 0 spiro atoms. The quantitative estimate of drug-likeness (QED) is 0.609. The molecule has 2 amide bonds. The van der Waals surface area contributed by atoms with Gasteiger partial charge in [-0.25, -0.2) is 4.79 Å². The molecule has 0 unspecified atom stereocenters. The Balaban J connectivity index is 2.80. The van der Waals surface area contributed by atoms with Crippen LogP contribution in [0.25, 0.3) is 0 Å². The van der Waals surface area contributed by atoms with Gasteiger partial charge in [0, 0.05) is 7.05 Å². The van der Waals surface area contributed by atoms with Crippen molar-refractivity contribution in [2.24, 2.45) is 5.29 Å². The van der Waals surface area contributed by atoms with E-state index in [0.29, 0.717) is 16.4 Å². The van der Waals surface area contributed by atoms with Gasteiger partial charge in [0.2, 0.25) is 0 Å². The number of carbonyl (C=O) groups is 1. The van der Waals surface area contributed by atoms with Crippen LogP contribution in [0.2, 0.25) is 0 Å². The van der Waals surface area contributed by atoms with Crippen molar-refractivity contribution in [3.8, 4) is 5.75 Å². The molecular weight excluding hydrogens is 198 g/mol. The third-order valence-electron chi connectivity index (χ3n) is 1.76. The van der Waals surface area contributed by atoms with E-state index in [1.807, 2.05) is 0 Å². The predicted octanol–water partition coefficient (Wildman–Crippen LogP) is 1.84. The van der Waals surface area contributed by atoms with Gasteiger partial charge in [-0.05, 0) is 12.1 Å². The van der Waals surface area contributed by atoms with Crippen LogP contribution in [0.3, 0.4) is 0 Å². The topological polar surface area (TPSA) is 71.0 Å². The van der Waals surface area contributed by atoms with Gasteiger partial charge in [0.25, 0.3) is 0 Å². The number of hydrogen-bond donors (Lipinski definition) is 1. The molecule has 0 heterocycles. The molecule has 0 fully saturated rings. The van der Waals surface area contributed by atoms with E-state index in [2.05, 4.69) is 10.6 Å². The number of methoxy groups -OCH3 is 1. The van der Waals surface area contributed by atoms with E-state index in [9.17, 15) is 9.70 Å². The van der Waals surface area contributed by atoms with Crippen LogP contribution < -0.4 is 10.1 Å². The number of nitroso groups, excluding NO2 is 1. The summed E-state index contributed by atoms with van der Waals surface area (Å²) >= 11 is 0. The molecule has 6 heteroatoms. The molecule has 1 aromatic rings. The van der Waals surface area contributed by atoms with Crippen molar-refractivity contribution in [3.63, 3.8) is 0 Å². The molecule has 0 aliphatic rings. The van der Waals surface area contributed by atoms with Gasteiger partial charge in [-0.15, -0.1) is 4.91 Å². The van der Waals surface area contributed by atoms with Gasteiger partial charge in [-0.1, -0.05) is 12.1 Å². The fraction of sp³-hybridized carbons (Fsp3) is 0.222. The summed E-state index contributed by atoms with van der Waals surface area (Å²) in [7, 11) is 2.75. The van der Waals surface area contributed by atoms with Crippen LogP contribution in [0.1, 0.15) is 0 Å². The Kier molecular flexibility index (Phi) is 3.61. The van der Waals surface area contributed by atoms with Crippen molar-refractivity contribution in [2.45, 2.75) is 0 Å². The van der Waals surface area contributed by atoms with E-state index in [0.717, 1.165) is 0 Å². The minimum atomic E-state index is -0.616. The Labute approximate surface area is 86.8 Å². The highest BCUT2D eigenvalue weighted by atomic mass is 16.5. The zero-order valence-corrected chi connectivity index (χ0v) is 8.43. The molecule has 1 aromatic carbocycles. The van der Waals surface area contributed by atoms with Gasteiger partial charge in [0.1, 0.15) is 5.75 Å². The number of urea groups is 1. The first-order valence-electron chi connectivity index (χ1n) is 4.20. The van der Waals surface area contributed by atoms with Crippen molar-refractivity contribution < 1.29 is 9.53 Å². The molecule has 1 N–H and O–H groups in total. The average Bonchev–Trinajstić information content (AvgIpc) is 2.28. The van der Waals surface area contributed by atoms with Gasteiger partial charge in [0.05, 0.1) is 18.1 Å². The second-order valence-electron chi connectivity index (χ2n) is 2.74. The summed E-state index contributed by atoms with van der Waals surface area (Å²) in [4.78, 5) is 21.4. The Morgan fingerprint density at radius 2 is 2.13 bits per heavy atom. The largest absolute Gasteiger partial charge is 0.495 e. The van der Waals surface area contributed by atoms with Crippen molar-refractivity contribution >= 4 is 11.7 Å². The number of hydrogen-bond acceptors (Lipinski definition) is 4. The summed E-state index contributed by atoms with van der Waals surface area (Å²) in [5.74, 6) is 0.519. The number of anilines is 1. The van der Waals surface area contributed by atoms with E-state index >= 15 is 0 Å². The number of nitrogens with zero attached hydrogens (tertiary/aromatic N) is 2. The Morgan fingerprint density at radius 3 is 2.73 bits per heavy atom. The lowest BCUT2D eigenvalue weighted by Crippen LogP contribution is -2.26. The third-order valence-corrected chi connectivity index (χ3v) is 1.76. The first kappa shape index (κ1) is 11.0. The Bertz CT molecular complexity index is 367. The van der Waals surface area contributed by atoms with Crippen LogP contribution in [0.15, 0.2) is 29.6 Å². The first-order valence-corrected chi connectivity index (χ1v) is 4.20. The zero-order chi connectivity index (χ0) is 11.3. The van der Waals surface area contributed by atoms with E-state index in [1.165, 1.54) is 14.2 Å². The molecule has 15 heavy (non-hydrogen) atoms.